The predicted molar refractivity (Wildman–Crippen MR) is 42.4 cm³/mol. The molecule has 62 valence electrons. The Balaban J connectivity index is 2.81. The van der Waals surface area contributed by atoms with E-state index in [1.165, 1.54) is 0 Å². The van der Waals surface area contributed by atoms with Gasteiger partial charge < -0.3 is 15.5 Å². The molecular formula is C8H8N2O2. The summed E-state index contributed by atoms with van der Waals surface area (Å²) in [6.07, 6.45) is -1.04. The minimum absolute atomic E-state index is 0.0342. The van der Waals surface area contributed by atoms with Gasteiger partial charge in [-0.05, 0) is 12.1 Å². The van der Waals surface area contributed by atoms with Crippen LogP contribution in [-0.4, -0.2) is 16.6 Å². The first-order chi connectivity index (χ1) is 5.77. The van der Waals surface area contributed by atoms with Gasteiger partial charge in [0.1, 0.15) is 0 Å². The Morgan fingerprint density at radius 1 is 1.33 bits per heavy atom. The van der Waals surface area contributed by atoms with Crippen molar-refractivity contribution in [2.75, 3.05) is 0 Å². The van der Waals surface area contributed by atoms with Crippen LogP contribution in [0.3, 0.4) is 0 Å². The number of aliphatic hydroxyl groups is 2. The molecule has 1 aliphatic rings. The van der Waals surface area contributed by atoms with E-state index in [4.69, 9.17) is 5.11 Å². The van der Waals surface area contributed by atoms with Crippen LogP contribution in [-0.2, 0) is 0 Å². The van der Waals surface area contributed by atoms with Crippen molar-refractivity contribution < 1.29 is 10.2 Å². The largest absolute Gasteiger partial charge is 0.494 e. The van der Waals surface area contributed by atoms with E-state index in [2.05, 4.69) is 10.3 Å². The summed E-state index contributed by atoms with van der Waals surface area (Å²) in [6.45, 7) is 0. The molecule has 0 saturated heterocycles. The Hall–Kier alpha value is -1.55. The Morgan fingerprint density at radius 3 is 2.92 bits per heavy atom. The zero-order valence-corrected chi connectivity index (χ0v) is 6.23. The number of fused-ring (bicyclic) bond motifs is 1. The van der Waals surface area contributed by atoms with Crippen LogP contribution < -0.4 is 15.9 Å². The summed E-state index contributed by atoms with van der Waals surface area (Å²) >= 11 is 0. The van der Waals surface area contributed by atoms with E-state index < -0.39 is 6.35 Å². The molecule has 0 saturated carbocycles. The Bertz CT molecular complexity index is 413. The molecule has 1 heterocycles. The molecule has 1 aromatic carbocycles. The second kappa shape index (κ2) is 2.49. The molecule has 2 rings (SSSR count). The van der Waals surface area contributed by atoms with E-state index >= 15 is 0 Å². The van der Waals surface area contributed by atoms with Gasteiger partial charge in [0.15, 0.2) is 5.88 Å². The van der Waals surface area contributed by atoms with Gasteiger partial charge in [0.25, 0.3) is 0 Å². The summed E-state index contributed by atoms with van der Waals surface area (Å²) in [5, 5.41) is 22.0. The minimum atomic E-state index is -1.04. The van der Waals surface area contributed by atoms with E-state index in [1.54, 1.807) is 24.3 Å². The molecule has 0 spiro atoms. The highest BCUT2D eigenvalue weighted by Gasteiger charge is 2.08. The summed E-state index contributed by atoms with van der Waals surface area (Å²) in [5.74, 6) is -0.0342. The van der Waals surface area contributed by atoms with Gasteiger partial charge in [0.05, 0.1) is 10.6 Å². The quantitative estimate of drug-likeness (QED) is 0.451. The number of hydrogen-bond donors (Lipinski definition) is 3. The van der Waals surface area contributed by atoms with Gasteiger partial charge in [-0.25, -0.2) is 4.99 Å². The van der Waals surface area contributed by atoms with Crippen molar-refractivity contribution >= 4 is 5.88 Å². The summed E-state index contributed by atoms with van der Waals surface area (Å²) in [6, 6.07) is 7.06. The summed E-state index contributed by atoms with van der Waals surface area (Å²) in [5.41, 5.74) is 0. The number of rotatable bonds is 0. The number of para-hydroxylation sites is 1. The molecule has 0 fully saturated rings. The van der Waals surface area contributed by atoms with Gasteiger partial charge in [-0.1, -0.05) is 12.1 Å². The first-order valence-electron chi connectivity index (χ1n) is 3.58. The average molecular weight is 164 g/mol. The summed E-state index contributed by atoms with van der Waals surface area (Å²) in [4.78, 5) is 3.86. The third-order valence-corrected chi connectivity index (χ3v) is 1.69. The maximum Gasteiger partial charge on any atom is 0.225 e. The first kappa shape index (κ1) is 7.12. The van der Waals surface area contributed by atoms with Gasteiger partial charge in [-0.15, -0.1) is 0 Å². The predicted octanol–water partition coefficient (Wildman–Crippen LogP) is -1.19. The highest BCUT2D eigenvalue weighted by molar-refractivity contribution is 5.33. The van der Waals surface area contributed by atoms with Crippen LogP contribution >= 0.6 is 0 Å². The van der Waals surface area contributed by atoms with E-state index in [1.807, 2.05) is 0 Å². The topological polar surface area (TPSA) is 64.9 Å². The van der Waals surface area contributed by atoms with Crippen molar-refractivity contribution in [2.24, 2.45) is 4.99 Å². The normalized spacial score (nSPS) is 20.8. The van der Waals surface area contributed by atoms with Crippen LogP contribution in [0.25, 0.3) is 5.88 Å². The van der Waals surface area contributed by atoms with Crippen LogP contribution in [0.5, 0.6) is 0 Å². The standard InChI is InChI=1S/C8H8N2O2/c11-7-5-3-1-2-4-6(5)9-8(12)10-7/h1-4,8,10-12H. The van der Waals surface area contributed by atoms with Crippen LogP contribution in [0.1, 0.15) is 0 Å². The van der Waals surface area contributed by atoms with Crippen LogP contribution in [0, 0.1) is 0 Å². The second-order valence-electron chi connectivity index (χ2n) is 2.51. The molecule has 1 unspecified atom stereocenters. The number of nitrogens with zero attached hydrogens (tertiary/aromatic N) is 1. The van der Waals surface area contributed by atoms with Gasteiger partial charge in [0, 0.05) is 0 Å². The van der Waals surface area contributed by atoms with Crippen molar-refractivity contribution in [1.82, 2.24) is 5.32 Å². The Morgan fingerprint density at radius 2 is 2.08 bits per heavy atom. The lowest BCUT2D eigenvalue weighted by Gasteiger charge is -2.12. The van der Waals surface area contributed by atoms with E-state index in [0.717, 1.165) is 0 Å². The van der Waals surface area contributed by atoms with Gasteiger partial charge in [-0.3, -0.25) is 0 Å². The fourth-order valence-electron chi connectivity index (χ4n) is 1.15. The highest BCUT2D eigenvalue weighted by Crippen LogP contribution is 1.88. The lowest BCUT2D eigenvalue weighted by atomic mass is 10.2. The van der Waals surface area contributed by atoms with Gasteiger partial charge in [0.2, 0.25) is 6.35 Å². The second-order valence-corrected chi connectivity index (χ2v) is 2.51. The minimum Gasteiger partial charge on any atom is -0.494 e. The summed E-state index contributed by atoms with van der Waals surface area (Å²) in [7, 11) is 0. The fourth-order valence-corrected chi connectivity index (χ4v) is 1.15. The number of benzene rings is 1. The van der Waals surface area contributed by atoms with Crippen molar-refractivity contribution in [3.8, 4) is 0 Å². The Kier molecular flexibility index (Phi) is 1.48. The molecule has 3 N–H and O–H groups in total. The first-order valence-corrected chi connectivity index (χ1v) is 3.58. The smallest absolute Gasteiger partial charge is 0.225 e. The molecule has 4 nitrogen and oxygen atoms in total. The molecule has 4 heteroatoms. The zero-order valence-electron chi connectivity index (χ0n) is 6.23. The zero-order chi connectivity index (χ0) is 8.55. The van der Waals surface area contributed by atoms with Crippen molar-refractivity contribution in [1.29, 1.82) is 0 Å². The van der Waals surface area contributed by atoms with E-state index in [0.29, 0.717) is 10.6 Å². The van der Waals surface area contributed by atoms with Crippen LogP contribution in [0.15, 0.2) is 29.3 Å². The molecule has 12 heavy (non-hydrogen) atoms. The molecule has 0 aliphatic carbocycles. The van der Waals surface area contributed by atoms with Gasteiger partial charge >= 0.3 is 0 Å². The lowest BCUT2D eigenvalue weighted by molar-refractivity contribution is 0.147. The highest BCUT2D eigenvalue weighted by atomic mass is 16.3. The number of hydrogen-bond acceptors (Lipinski definition) is 4. The molecule has 0 amide bonds. The molecular weight excluding hydrogens is 156 g/mol. The SMILES string of the molecule is OC1=c2ccccc2=NC(O)N1. The molecule has 1 aliphatic heterocycles. The molecule has 0 aromatic heterocycles. The van der Waals surface area contributed by atoms with E-state index in [9.17, 15) is 5.11 Å². The molecule has 0 radical (unpaired) electrons. The average Bonchev–Trinajstić information content (AvgIpc) is 2.04. The summed E-state index contributed by atoms with van der Waals surface area (Å²) < 4.78 is 0. The molecule has 0 bridgehead atoms. The lowest BCUT2D eigenvalue weighted by Crippen LogP contribution is -2.42. The third-order valence-electron chi connectivity index (χ3n) is 1.69. The number of nitrogens with one attached hydrogen (secondary N) is 1. The molecule has 1 atom stereocenters. The maximum absolute atomic E-state index is 9.32. The maximum atomic E-state index is 9.32. The van der Waals surface area contributed by atoms with Crippen LogP contribution in [0.4, 0.5) is 0 Å². The number of aliphatic hydroxyl groups excluding tert-OH is 2. The Labute approximate surface area is 68.5 Å². The van der Waals surface area contributed by atoms with E-state index in [-0.39, 0.29) is 5.88 Å². The van der Waals surface area contributed by atoms with Crippen LogP contribution in [0.2, 0.25) is 0 Å². The van der Waals surface area contributed by atoms with Gasteiger partial charge in [-0.2, -0.15) is 0 Å². The third kappa shape index (κ3) is 1.02. The van der Waals surface area contributed by atoms with Crippen molar-refractivity contribution in [3.63, 3.8) is 0 Å². The fraction of sp³-hybridized carbons (Fsp3) is 0.125. The molecule has 1 aromatic rings. The van der Waals surface area contributed by atoms with Crippen molar-refractivity contribution in [3.05, 3.63) is 34.8 Å². The monoisotopic (exact) mass is 164 g/mol. The van der Waals surface area contributed by atoms with Crippen molar-refractivity contribution in [2.45, 2.75) is 6.35 Å².